The summed E-state index contributed by atoms with van der Waals surface area (Å²) in [7, 11) is 0. The van der Waals surface area contributed by atoms with Crippen LogP contribution in [0.4, 0.5) is 11.4 Å². The maximum Gasteiger partial charge on any atom is 0.255 e. The van der Waals surface area contributed by atoms with E-state index in [9.17, 15) is 14.4 Å². The maximum absolute atomic E-state index is 12.8. The zero-order valence-electron chi connectivity index (χ0n) is 20.5. The highest BCUT2D eigenvalue weighted by atomic mass is 16.2. The summed E-state index contributed by atoms with van der Waals surface area (Å²) in [5.74, 6) is 2.09. The molecule has 7 nitrogen and oxygen atoms in total. The van der Waals surface area contributed by atoms with Gasteiger partial charge >= 0.3 is 0 Å². The van der Waals surface area contributed by atoms with Crippen LogP contribution in [0.3, 0.4) is 0 Å². The molecule has 1 aliphatic heterocycles. The Labute approximate surface area is 211 Å². The van der Waals surface area contributed by atoms with Crippen molar-refractivity contribution in [2.45, 2.75) is 69.5 Å². The summed E-state index contributed by atoms with van der Waals surface area (Å²) in [6.07, 6.45) is 9.15. The van der Waals surface area contributed by atoms with Gasteiger partial charge in [0.25, 0.3) is 5.91 Å². The molecule has 4 bridgehead atoms. The van der Waals surface area contributed by atoms with E-state index in [2.05, 4.69) is 33.4 Å². The second-order valence-corrected chi connectivity index (χ2v) is 11.4. The molecule has 188 valence electrons. The molecule has 4 N–H and O–H groups in total. The molecule has 4 aliphatic carbocycles. The van der Waals surface area contributed by atoms with E-state index in [0.29, 0.717) is 29.6 Å². The summed E-state index contributed by atoms with van der Waals surface area (Å²) in [5.41, 5.74) is 3.62. The van der Waals surface area contributed by atoms with Crippen LogP contribution in [-0.2, 0) is 16.1 Å². The molecular weight excluding hydrogens is 452 g/mol. The SMILES string of the molecule is O=C1CCC(Nc2ccc(NC(=O)c3ccc(CNC45CC6CC(CC(C6)C4)C5)cc3)cc2)C(=O)N1. The van der Waals surface area contributed by atoms with Crippen molar-refractivity contribution in [1.29, 1.82) is 0 Å². The van der Waals surface area contributed by atoms with Gasteiger partial charge in [-0.25, -0.2) is 0 Å². The highest BCUT2D eigenvalue weighted by molar-refractivity contribution is 6.04. The standard InChI is InChI=1S/C29H34N4O3/c34-26-10-9-25(28(36)33-26)31-23-5-7-24(8-6-23)32-27(35)22-3-1-18(2-4-22)17-30-29-14-19-11-20(15-29)13-21(12-19)16-29/h1-8,19-21,25,30-31H,9-17H2,(H,32,35)(H,33,34,36). The average molecular weight is 487 g/mol. The third kappa shape index (κ3) is 4.89. The summed E-state index contributed by atoms with van der Waals surface area (Å²) in [5, 5.41) is 12.3. The summed E-state index contributed by atoms with van der Waals surface area (Å²) in [6, 6.07) is 14.7. The average Bonchev–Trinajstić information content (AvgIpc) is 2.85. The molecule has 5 aliphatic rings. The number of amides is 3. The van der Waals surface area contributed by atoms with Gasteiger partial charge in [0.1, 0.15) is 6.04 Å². The zero-order valence-corrected chi connectivity index (χ0v) is 20.5. The number of imide groups is 1. The predicted molar refractivity (Wildman–Crippen MR) is 138 cm³/mol. The summed E-state index contributed by atoms with van der Waals surface area (Å²) in [6.45, 7) is 0.857. The third-order valence-corrected chi connectivity index (χ3v) is 8.64. The minimum absolute atomic E-state index is 0.151. The molecule has 1 saturated heterocycles. The molecule has 4 saturated carbocycles. The van der Waals surface area contributed by atoms with E-state index in [4.69, 9.17) is 0 Å². The van der Waals surface area contributed by atoms with Crippen molar-refractivity contribution < 1.29 is 14.4 Å². The molecular formula is C29H34N4O3. The molecule has 36 heavy (non-hydrogen) atoms. The maximum atomic E-state index is 12.8. The molecule has 2 aromatic carbocycles. The first-order valence-electron chi connectivity index (χ1n) is 13.3. The number of benzene rings is 2. The highest BCUT2D eigenvalue weighted by Crippen LogP contribution is 2.55. The van der Waals surface area contributed by atoms with E-state index < -0.39 is 6.04 Å². The van der Waals surface area contributed by atoms with Crippen molar-refractivity contribution in [2.75, 3.05) is 10.6 Å². The van der Waals surface area contributed by atoms with Crippen molar-refractivity contribution >= 4 is 29.1 Å². The Morgan fingerprint density at radius 3 is 2.08 bits per heavy atom. The van der Waals surface area contributed by atoms with E-state index >= 15 is 0 Å². The Kier molecular flexibility index (Phi) is 6.04. The Morgan fingerprint density at radius 2 is 1.47 bits per heavy atom. The first kappa shape index (κ1) is 23.2. The molecule has 2 aromatic rings. The first-order chi connectivity index (χ1) is 17.4. The molecule has 1 heterocycles. The fraction of sp³-hybridized carbons (Fsp3) is 0.483. The van der Waals surface area contributed by atoms with Gasteiger partial charge in [0.2, 0.25) is 11.8 Å². The van der Waals surface area contributed by atoms with Gasteiger partial charge in [-0.1, -0.05) is 12.1 Å². The van der Waals surface area contributed by atoms with Crippen LogP contribution >= 0.6 is 0 Å². The summed E-state index contributed by atoms with van der Waals surface area (Å²) in [4.78, 5) is 36.0. The van der Waals surface area contributed by atoms with Crippen LogP contribution in [0.15, 0.2) is 48.5 Å². The lowest BCUT2D eigenvalue weighted by atomic mass is 9.53. The van der Waals surface area contributed by atoms with Crippen LogP contribution in [0.25, 0.3) is 0 Å². The number of piperidine rings is 1. The van der Waals surface area contributed by atoms with Crippen molar-refractivity contribution in [3.8, 4) is 0 Å². The van der Waals surface area contributed by atoms with Gasteiger partial charge in [0, 0.05) is 35.4 Å². The van der Waals surface area contributed by atoms with Gasteiger partial charge in [-0.15, -0.1) is 0 Å². The Hall–Kier alpha value is -3.19. The van der Waals surface area contributed by atoms with Gasteiger partial charge in [-0.2, -0.15) is 0 Å². The largest absolute Gasteiger partial charge is 0.374 e. The molecule has 1 atom stereocenters. The Balaban J connectivity index is 1.01. The van der Waals surface area contributed by atoms with Crippen LogP contribution < -0.4 is 21.3 Å². The topological polar surface area (TPSA) is 99.3 Å². The Bertz CT molecular complexity index is 1120. The fourth-order valence-electron chi connectivity index (χ4n) is 7.28. The number of hydrogen-bond acceptors (Lipinski definition) is 5. The van der Waals surface area contributed by atoms with Crippen LogP contribution in [0.2, 0.25) is 0 Å². The van der Waals surface area contributed by atoms with E-state index in [1.807, 2.05) is 24.3 Å². The molecule has 0 spiro atoms. The van der Waals surface area contributed by atoms with Crippen LogP contribution in [-0.4, -0.2) is 29.3 Å². The number of nitrogens with one attached hydrogen (secondary N) is 4. The molecule has 5 fully saturated rings. The van der Waals surface area contributed by atoms with Gasteiger partial charge in [0.15, 0.2) is 0 Å². The molecule has 7 heteroatoms. The number of rotatable bonds is 7. The second kappa shape index (κ2) is 9.36. The minimum atomic E-state index is -0.431. The number of carbonyl (C=O) groups is 3. The number of anilines is 2. The van der Waals surface area contributed by atoms with Crippen LogP contribution in [0, 0.1) is 17.8 Å². The number of carbonyl (C=O) groups excluding carboxylic acids is 3. The van der Waals surface area contributed by atoms with E-state index in [1.54, 1.807) is 12.1 Å². The monoisotopic (exact) mass is 486 g/mol. The second-order valence-electron chi connectivity index (χ2n) is 11.4. The zero-order chi connectivity index (χ0) is 24.7. The lowest BCUT2D eigenvalue weighted by Gasteiger charge is -2.57. The van der Waals surface area contributed by atoms with Gasteiger partial charge < -0.3 is 16.0 Å². The molecule has 1 unspecified atom stereocenters. The summed E-state index contributed by atoms with van der Waals surface area (Å²) < 4.78 is 0. The van der Waals surface area contributed by atoms with Crippen molar-refractivity contribution in [2.24, 2.45) is 17.8 Å². The fourth-order valence-corrected chi connectivity index (χ4v) is 7.28. The van der Waals surface area contributed by atoms with E-state index in [0.717, 1.165) is 30.0 Å². The van der Waals surface area contributed by atoms with Gasteiger partial charge in [-0.05, 0) is 105 Å². The van der Waals surface area contributed by atoms with E-state index in [-0.39, 0.29) is 17.7 Å². The van der Waals surface area contributed by atoms with Crippen molar-refractivity contribution in [3.63, 3.8) is 0 Å². The smallest absolute Gasteiger partial charge is 0.255 e. The normalized spacial score (nSPS) is 30.7. The lowest BCUT2D eigenvalue weighted by molar-refractivity contribution is -0.133. The molecule has 0 radical (unpaired) electrons. The third-order valence-electron chi connectivity index (χ3n) is 8.64. The van der Waals surface area contributed by atoms with Gasteiger partial charge in [-0.3, -0.25) is 19.7 Å². The highest BCUT2D eigenvalue weighted by Gasteiger charge is 2.50. The minimum Gasteiger partial charge on any atom is -0.374 e. The number of hydrogen-bond donors (Lipinski definition) is 4. The quantitative estimate of drug-likeness (QED) is 0.440. The molecule has 7 rings (SSSR count). The summed E-state index contributed by atoms with van der Waals surface area (Å²) >= 11 is 0. The van der Waals surface area contributed by atoms with E-state index in [1.165, 1.54) is 44.1 Å². The predicted octanol–water partition coefficient (Wildman–Crippen LogP) is 4.21. The van der Waals surface area contributed by atoms with Crippen LogP contribution in [0.5, 0.6) is 0 Å². The first-order valence-corrected chi connectivity index (χ1v) is 13.3. The Morgan fingerprint density at radius 1 is 0.861 bits per heavy atom. The van der Waals surface area contributed by atoms with Gasteiger partial charge in [0.05, 0.1) is 0 Å². The van der Waals surface area contributed by atoms with Crippen molar-refractivity contribution in [3.05, 3.63) is 59.7 Å². The molecule has 0 aromatic heterocycles. The van der Waals surface area contributed by atoms with Crippen molar-refractivity contribution in [1.82, 2.24) is 10.6 Å². The molecule has 3 amide bonds. The lowest BCUT2D eigenvalue weighted by Crippen LogP contribution is -2.58. The van der Waals surface area contributed by atoms with Crippen LogP contribution in [0.1, 0.15) is 67.3 Å².